The number of aliphatic hydroxyl groups excluding tert-OH is 4. The van der Waals surface area contributed by atoms with E-state index in [1.54, 1.807) is 60.7 Å². The van der Waals surface area contributed by atoms with Crippen LogP contribution in [0.15, 0.2) is 60.7 Å². The highest BCUT2D eigenvalue weighted by molar-refractivity contribution is 7.15. The second-order valence-electron chi connectivity index (χ2n) is 9.56. The van der Waals surface area contributed by atoms with Gasteiger partial charge in [0, 0.05) is 12.8 Å². The lowest BCUT2D eigenvalue weighted by Gasteiger charge is -2.17. The van der Waals surface area contributed by atoms with Crippen LogP contribution < -0.4 is 10.6 Å². The number of benzene rings is 2. The number of aryl methyl sites for hydroxylation is 2. The largest absolute Gasteiger partial charge is 0.390 e. The number of aromatic nitrogens is 4. The molecule has 222 valence electrons. The monoisotopic (exact) mass is 612 g/mol. The van der Waals surface area contributed by atoms with Gasteiger partial charge in [-0.05, 0) is 24.0 Å². The number of hydrogen-bond acceptors (Lipinski definition) is 12. The van der Waals surface area contributed by atoms with Crippen molar-refractivity contribution in [2.45, 2.75) is 62.9 Å². The van der Waals surface area contributed by atoms with Crippen molar-refractivity contribution < 1.29 is 30.0 Å². The van der Waals surface area contributed by atoms with Crippen LogP contribution >= 0.6 is 22.7 Å². The first-order valence-electron chi connectivity index (χ1n) is 13.3. The molecule has 2 aromatic heterocycles. The molecule has 0 saturated carbocycles. The lowest BCUT2D eigenvalue weighted by molar-refractivity contribution is -0.120. The number of rotatable bonds is 15. The van der Waals surface area contributed by atoms with E-state index in [1.165, 1.54) is 22.7 Å². The molecule has 0 aliphatic rings. The molecule has 0 spiro atoms. The molecule has 0 aliphatic carbocycles. The molecular weight excluding hydrogens is 580 g/mol. The van der Waals surface area contributed by atoms with Crippen molar-refractivity contribution in [3.8, 4) is 0 Å². The van der Waals surface area contributed by atoms with E-state index in [9.17, 15) is 30.0 Å². The fourth-order valence-electron chi connectivity index (χ4n) is 4.05. The van der Waals surface area contributed by atoms with Gasteiger partial charge >= 0.3 is 0 Å². The number of anilines is 2. The number of carbonyl (C=O) groups is 2. The van der Waals surface area contributed by atoms with Crippen LogP contribution in [0.1, 0.15) is 59.0 Å². The van der Waals surface area contributed by atoms with E-state index in [2.05, 4.69) is 31.0 Å². The zero-order valence-corrected chi connectivity index (χ0v) is 24.2. The van der Waals surface area contributed by atoms with Crippen LogP contribution in [-0.2, 0) is 22.4 Å². The molecule has 0 aliphatic heterocycles. The highest BCUT2D eigenvalue weighted by atomic mass is 32.1. The van der Waals surface area contributed by atoms with Crippen LogP contribution in [0, 0.1) is 0 Å². The third-order valence-corrected chi connectivity index (χ3v) is 8.05. The molecule has 6 N–H and O–H groups in total. The van der Waals surface area contributed by atoms with E-state index in [4.69, 9.17) is 0 Å². The van der Waals surface area contributed by atoms with E-state index in [0.717, 1.165) is 22.9 Å². The van der Waals surface area contributed by atoms with Gasteiger partial charge in [0.1, 0.15) is 22.2 Å². The number of amides is 2. The highest BCUT2D eigenvalue weighted by Crippen LogP contribution is 2.23. The SMILES string of the molecule is O=C(C[C@@H](O)[C@H](O)c1ccccc1)Nc1nnc(CCCCc2nnc(NC(=O)C[C@@H](O)[C@H](O)c3ccccc3)s2)s1. The van der Waals surface area contributed by atoms with Gasteiger partial charge in [-0.15, -0.1) is 20.4 Å². The van der Waals surface area contributed by atoms with Gasteiger partial charge < -0.3 is 31.1 Å². The summed E-state index contributed by atoms with van der Waals surface area (Å²) in [5.41, 5.74) is 1.06. The maximum Gasteiger partial charge on any atom is 0.228 e. The molecule has 2 amide bonds. The van der Waals surface area contributed by atoms with Crippen LogP contribution in [0.4, 0.5) is 10.3 Å². The summed E-state index contributed by atoms with van der Waals surface area (Å²) < 4.78 is 0. The molecule has 2 heterocycles. The van der Waals surface area contributed by atoms with Crippen molar-refractivity contribution in [3.63, 3.8) is 0 Å². The number of hydrogen-bond donors (Lipinski definition) is 6. The molecule has 4 atom stereocenters. The number of aliphatic hydroxyl groups is 4. The minimum Gasteiger partial charge on any atom is -0.390 e. The van der Waals surface area contributed by atoms with Crippen molar-refractivity contribution in [2.24, 2.45) is 0 Å². The fourth-order valence-corrected chi connectivity index (χ4v) is 5.65. The zero-order valence-electron chi connectivity index (χ0n) is 22.5. The van der Waals surface area contributed by atoms with Crippen molar-refractivity contribution in [2.75, 3.05) is 10.6 Å². The van der Waals surface area contributed by atoms with E-state index in [0.29, 0.717) is 34.2 Å². The summed E-state index contributed by atoms with van der Waals surface area (Å²) in [6.07, 6.45) is -2.56. The predicted molar refractivity (Wildman–Crippen MR) is 158 cm³/mol. The first-order chi connectivity index (χ1) is 20.3. The van der Waals surface area contributed by atoms with Gasteiger partial charge in [0.05, 0.1) is 25.0 Å². The molecule has 2 aromatic carbocycles. The van der Waals surface area contributed by atoms with Crippen molar-refractivity contribution in [1.29, 1.82) is 0 Å². The van der Waals surface area contributed by atoms with Gasteiger partial charge in [-0.3, -0.25) is 9.59 Å². The van der Waals surface area contributed by atoms with Gasteiger partial charge in [-0.25, -0.2) is 0 Å². The molecule has 0 saturated heterocycles. The van der Waals surface area contributed by atoms with Gasteiger partial charge in [0.2, 0.25) is 22.1 Å². The van der Waals surface area contributed by atoms with E-state index in [1.807, 2.05) is 0 Å². The van der Waals surface area contributed by atoms with Gasteiger partial charge in [0.25, 0.3) is 0 Å². The Morgan fingerprint density at radius 1 is 0.619 bits per heavy atom. The summed E-state index contributed by atoms with van der Waals surface area (Å²) in [4.78, 5) is 24.6. The first kappa shape index (κ1) is 31.3. The summed E-state index contributed by atoms with van der Waals surface area (Å²) >= 11 is 2.49. The Labute approximate surface area is 250 Å². The molecule has 0 bridgehead atoms. The Morgan fingerprint density at radius 2 is 1.00 bits per heavy atom. The zero-order chi connectivity index (χ0) is 29.9. The maximum atomic E-state index is 12.3. The number of unbranched alkanes of at least 4 members (excludes halogenated alkanes) is 1. The summed E-state index contributed by atoms with van der Waals surface area (Å²) in [6.45, 7) is 0. The molecule has 0 unspecified atom stereocenters. The molecule has 0 radical (unpaired) electrons. The third kappa shape index (κ3) is 9.44. The van der Waals surface area contributed by atoms with E-state index < -0.39 is 36.2 Å². The number of carbonyl (C=O) groups excluding carboxylic acids is 2. The molecule has 14 heteroatoms. The Balaban J connectivity index is 1.13. The second kappa shape index (κ2) is 15.5. The highest BCUT2D eigenvalue weighted by Gasteiger charge is 2.23. The molecular formula is C28H32N6O6S2. The minimum absolute atomic E-state index is 0.286. The Hall–Kier alpha value is -3.66. The fraction of sp³-hybridized carbons (Fsp3) is 0.357. The van der Waals surface area contributed by atoms with Gasteiger partial charge in [-0.2, -0.15) is 0 Å². The van der Waals surface area contributed by atoms with Crippen molar-refractivity contribution in [3.05, 3.63) is 81.8 Å². The standard InChI is InChI=1S/C28H32N6O6S2/c35-19(25(39)17-9-3-1-4-10-17)15-21(37)29-27-33-31-23(41-27)13-7-8-14-24-32-34-28(42-24)30-22(38)16-20(36)26(40)18-11-5-2-6-12-18/h1-6,9-12,19-20,25-26,35-36,39-40H,7-8,13-16H2,(H,29,33,37)(H,30,34,38)/t19-,20-,25-,26-/m1/s1. The van der Waals surface area contributed by atoms with Gasteiger partial charge in [0.15, 0.2) is 0 Å². The van der Waals surface area contributed by atoms with Gasteiger partial charge in [-0.1, -0.05) is 83.3 Å². The van der Waals surface area contributed by atoms with Crippen LogP contribution in [-0.4, -0.2) is 64.8 Å². The summed E-state index contributed by atoms with van der Waals surface area (Å²) in [5, 5.41) is 64.4. The van der Waals surface area contributed by atoms with Crippen molar-refractivity contribution in [1.82, 2.24) is 20.4 Å². The predicted octanol–water partition coefficient (Wildman–Crippen LogP) is 2.80. The first-order valence-corrected chi connectivity index (χ1v) is 15.0. The molecule has 0 fully saturated rings. The maximum absolute atomic E-state index is 12.3. The van der Waals surface area contributed by atoms with E-state index >= 15 is 0 Å². The molecule has 42 heavy (non-hydrogen) atoms. The number of nitrogens with zero attached hydrogens (tertiary/aromatic N) is 4. The number of nitrogens with one attached hydrogen (secondary N) is 2. The van der Waals surface area contributed by atoms with Crippen LogP contribution in [0.2, 0.25) is 0 Å². The minimum atomic E-state index is -1.26. The average Bonchev–Trinajstić information content (AvgIpc) is 3.64. The van der Waals surface area contributed by atoms with Crippen LogP contribution in [0.5, 0.6) is 0 Å². The average molecular weight is 613 g/mol. The van der Waals surface area contributed by atoms with E-state index in [-0.39, 0.29) is 12.8 Å². The summed E-state index contributed by atoms with van der Waals surface area (Å²) in [6, 6.07) is 17.3. The second-order valence-corrected chi connectivity index (χ2v) is 11.7. The quantitative estimate of drug-likeness (QED) is 0.109. The molecule has 4 aromatic rings. The normalized spacial score (nSPS) is 14.1. The summed E-state index contributed by atoms with van der Waals surface area (Å²) in [5.74, 6) is -0.942. The topological polar surface area (TPSA) is 191 Å². The lowest BCUT2D eigenvalue weighted by Crippen LogP contribution is -2.25. The summed E-state index contributed by atoms with van der Waals surface area (Å²) in [7, 11) is 0. The lowest BCUT2D eigenvalue weighted by atomic mass is 10.0. The Bertz CT molecular complexity index is 1310. The van der Waals surface area contributed by atoms with Crippen LogP contribution in [0.3, 0.4) is 0 Å². The Kier molecular flexibility index (Phi) is 11.6. The third-order valence-electron chi connectivity index (χ3n) is 6.26. The molecule has 12 nitrogen and oxygen atoms in total. The smallest absolute Gasteiger partial charge is 0.228 e. The van der Waals surface area contributed by atoms with Crippen LogP contribution in [0.25, 0.3) is 0 Å². The molecule has 4 rings (SSSR count). The van der Waals surface area contributed by atoms with Crippen molar-refractivity contribution >= 4 is 44.8 Å². The Morgan fingerprint density at radius 3 is 1.38 bits per heavy atom.